The van der Waals surface area contributed by atoms with Gasteiger partial charge in [0.1, 0.15) is 0 Å². The van der Waals surface area contributed by atoms with Gasteiger partial charge in [-0.25, -0.2) is 14.2 Å². The van der Waals surface area contributed by atoms with E-state index in [4.69, 9.17) is 5.84 Å². The maximum absolute atomic E-state index is 13.3. The van der Waals surface area contributed by atoms with E-state index in [-0.39, 0.29) is 0 Å². The molecule has 1 atom stereocenters. The molecule has 0 saturated heterocycles. The van der Waals surface area contributed by atoms with Gasteiger partial charge in [-0.2, -0.15) is 5.10 Å². The highest BCUT2D eigenvalue weighted by Crippen LogP contribution is 2.22. The van der Waals surface area contributed by atoms with Gasteiger partial charge in [0.05, 0.1) is 12.2 Å². The number of rotatable bonds is 5. The van der Waals surface area contributed by atoms with Gasteiger partial charge in [-0.1, -0.05) is 13.0 Å². The molecule has 1 aromatic heterocycles. The molecule has 0 aliphatic heterocycles. The number of aryl methyl sites for hydroxylation is 1. The van der Waals surface area contributed by atoms with Crippen molar-refractivity contribution < 1.29 is 8.78 Å². The number of nitrogens with two attached hydrogens (primary N) is 1. The topological polar surface area (TPSA) is 55.9 Å². The Labute approximate surface area is 110 Å². The molecular weight excluding hydrogens is 250 g/mol. The summed E-state index contributed by atoms with van der Waals surface area (Å²) in [6.45, 7) is 2.85. The third-order valence-electron chi connectivity index (χ3n) is 2.88. The van der Waals surface area contributed by atoms with Crippen LogP contribution in [0.1, 0.15) is 30.5 Å². The van der Waals surface area contributed by atoms with Crippen molar-refractivity contribution in [3.05, 3.63) is 53.4 Å². The molecule has 1 unspecified atom stereocenters. The zero-order valence-electron chi connectivity index (χ0n) is 10.6. The fourth-order valence-electron chi connectivity index (χ4n) is 1.96. The van der Waals surface area contributed by atoms with Crippen LogP contribution in [-0.4, -0.2) is 9.78 Å². The fraction of sp³-hybridized carbons (Fsp3) is 0.308. The first-order valence-corrected chi connectivity index (χ1v) is 6.09. The monoisotopic (exact) mass is 266 g/mol. The Balaban J connectivity index is 2.29. The third kappa shape index (κ3) is 2.97. The van der Waals surface area contributed by atoms with Crippen LogP contribution in [0, 0.1) is 11.6 Å². The molecule has 0 aliphatic carbocycles. The number of hydrogen-bond donors (Lipinski definition) is 2. The molecule has 0 bridgehead atoms. The molecule has 1 heterocycles. The molecule has 102 valence electrons. The van der Waals surface area contributed by atoms with Crippen LogP contribution in [0.2, 0.25) is 0 Å². The van der Waals surface area contributed by atoms with Crippen molar-refractivity contribution in [1.29, 1.82) is 0 Å². The Bertz CT molecular complexity index is 553. The van der Waals surface area contributed by atoms with E-state index in [0.717, 1.165) is 30.7 Å². The van der Waals surface area contributed by atoms with Crippen molar-refractivity contribution in [3.63, 3.8) is 0 Å². The van der Waals surface area contributed by atoms with Gasteiger partial charge in [-0.05, 0) is 24.1 Å². The highest BCUT2D eigenvalue weighted by molar-refractivity contribution is 5.29. The SMILES string of the molecule is CCCn1cc(C(NN)c2ccc(F)c(F)c2)cn1. The average Bonchev–Trinajstić information content (AvgIpc) is 2.83. The Morgan fingerprint density at radius 3 is 2.74 bits per heavy atom. The standard InChI is InChI=1S/C13H16F2N4/c1-2-5-19-8-10(7-17-19)13(18-16)9-3-4-11(14)12(15)6-9/h3-4,6-8,13,18H,2,5,16H2,1H3. The molecule has 6 heteroatoms. The Hall–Kier alpha value is -1.79. The minimum absolute atomic E-state index is 0.416. The summed E-state index contributed by atoms with van der Waals surface area (Å²) in [5.74, 6) is 3.74. The van der Waals surface area contributed by atoms with Gasteiger partial charge in [0.15, 0.2) is 11.6 Å². The van der Waals surface area contributed by atoms with Crippen molar-refractivity contribution in [2.24, 2.45) is 5.84 Å². The minimum atomic E-state index is -0.890. The van der Waals surface area contributed by atoms with Crippen molar-refractivity contribution in [3.8, 4) is 0 Å². The van der Waals surface area contributed by atoms with Gasteiger partial charge in [-0.3, -0.25) is 10.5 Å². The Kier molecular flexibility index (Phi) is 4.24. The van der Waals surface area contributed by atoms with Crippen LogP contribution in [0.3, 0.4) is 0 Å². The molecule has 0 fully saturated rings. The van der Waals surface area contributed by atoms with Gasteiger partial charge < -0.3 is 0 Å². The lowest BCUT2D eigenvalue weighted by Crippen LogP contribution is -2.28. The number of benzene rings is 1. The summed E-state index contributed by atoms with van der Waals surface area (Å²) in [6, 6.07) is 3.31. The second-order valence-corrected chi connectivity index (χ2v) is 4.31. The maximum atomic E-state index is 13.3. The van der Waals surface area contributed by atoms with Gasteiger partial charge in [-0.15, -0.1) is 0 Å². The van der Waals surface area contributed by atoms with E-state index in [2.05, 4.69) is 17.4 Å². The Morgan fingerprint density at radius 2 is 2.11 bits per heavy atom. The van der Waals surface area contributed by atoms with Crippen molar-refractivity contribution in [2.75, 3.05) is 0 Å². The van der Waals surface area contributed by atoms with E-state index >= 15 is 0 Å². The molecule has 0 radical (unpaired) electrons. The molecule has 0 saturated carbocycles. The summed E-state index contributed by atoms with van der Waals surface area (Å²) in [6.07, 6.45) is 4.48. The first kappa shape index (κ1) is 13.6. The highest BCUT2D eigenvalue weighted by Gasteiger charge is 2.16. The van der Waals surface area contributed by atoms with Crippen molar-refractivity contribution >= 4 is 0 Å². The zero-order valence-corrected chi connectivity index (χ0v) is 10.6. The van der Waals surface area contributed by atoms with Crippen LogP contribution in [0.5, 0.6) is 0 Å². The molecule has 19 heavy (non-hydrogen) atoms. The predicted octanol–water partition coefficient (Wildman–Crippen LogP) is 2.12. The summed E-state index contributed by atoms with van der Waals surface area (Å²) in [5.41, 5.74) is 3.95. The summed E-state index contributed by atoms with van der Waals surface area (Å²) in [5, 5.41) is 4.19. The number of aromatic nitrogens is 2. The third-order valence-corrected chi connectivity index (χ3v) is 2.88. The van der Waals surface area contributed by atoms with Crippen LogP contribution in [-0.2, 0) is 6.54 Å². The highest BCUT2D eigenvalue weighted by atomic mass is 19.2. The van der Waals surface area contributed by atoms with E-state index in [0.29, 0.717) is 5.56 Å². The number of hydrogen-bond acceptors (Lipinski definition) is 3. The molecule has 1 aromatic carbocycles. The molecule has 0 spiro atoms. The lowest BCUT2D eigenvalue weighted by atomic mass is 10.0. The van der Waals surface area contributed by atoms with Crippen LogP contribution in [0.4, 0.5) is 8.78 Å². The van der Waals surface area contributed by atoms with Crippen LogP contribution >= 0.6 is 0 Å². The van der Waals surface area contributed by atoms with Crippen LogP contribution < -0.4 is 11.3 Å². The molecule has 2 aromatic rings. The quantitative estimate of drug-likeness (QED) is 0.644. The number of halogens is 2. The van der Waals surface area contributed by atoms with Gasteiger partial charge >= 0.3 is 0 Å². The Morgan fingerprint density at radius 1 is 1.32 bits per heavy atom. The second kappa shape index (κ2) is 5.90. The average molecular weight is 266 g/mol. The second-order valence-electron chi connectivity index (χ2n) is 4.31. The first-order valence-electron chi connectivity index (χ1n) is 6.09. The van der Waals surface area contributed by atoms with Gasteiger partial charge in [0.2, 0.25) is 0 Å². The van der Waals surface area contributed by atoms with E-state index in [1.165, 1.54) is 6.07 Å². The largest absolute Gasteiger partial charge is 0.272 e. The summed E-state index contributed by atoms with van der Waals surface area (Å²) < 4.78 is 28.0. The lowest BCUT2D eigenvalue weighted by Gasteiger charge is -2.14. The summed E-state index contributed by atoms with van der Waals surface area (Å²) in [4.78, 5) is 0. The normalized spacial score (nSPS) is 12.6. The van der Waals surface area contributed by atoms with Crippen LogP contribution in [0.15, 0.2) is 30.6 Å². The van der Waals surface area contributed by atoms with Crippen molar-refractivity contribution in [1.82, 2.24) is 15.2 Å². The lowest BCUT2D eigenvalue weighted by molar-refractivity contribution is 0.504. The molecular formula is C13H16F2N4. The number of nitrogens with one attached hydrogen (secondary N) is 1. The van der Waals surface area contributed by atoms with Gasteiger partial charge in [0.25, 0.3) is 0 Å². The number of nitrogens with zero attached hydrogens (tertiary/aromatic N) is 2. The van der Waals surface area contributed by atoms with Gasteiger partial charge in [0, 0.05) is 18.3 Å². The molecule has 3 N–H and O–H groups in total. The molecule has 0 aliphatic rings. The molecule has 4 nitrogen and oxygen atoms in total. The van der Waals surface area contributed by atoms with Crippen molar-refractivity contribution in [2.45, 2.75) is 25.9 Å². The molecule has 2 rings (SSSR count). The maximum Gasteiger partial charge on any atom is 0.159 e. The minimum Gasteiger partial charge on any atom is -0.272 e. The smallest absolute Gasteiger partial charge is 0.159 e. The number of hydrazine groups is 1. The van der Waals surface area contributed by atoms with E-state index in [1.54, 1.807) is 10.9 Å². The summed E-state index contributed by atoms with van der Waals surface area (Å²) >= 11 is 0. The first-order chi connectivity index (χ1) is 9.15. The predicted molar refractivity (Wildman–Crippen MR) is 68.0 cm³/mol. The summed E-state index contributed by atoms with van der Waals surface area (Å²) in [7, 11) is 0. The van der Waals surface area contributed by atoms with Crippen LogP contribution in [0.25, 0.3) is 0 Å². The zero-order chi connectivity index (χ0) is 13.8. The fourth-order valence-corrected chi connectivity index (χ4v) is 1.96. The van der Waals surface area contributed by atoms with E-state index in [9.17, 15) is 8.78 Å². The molecule has 0 amide bonds. The van der Waals surface area contributed by atoms with E-state index < -0.39 is 17.7 Å². The van der Waals surface area contributed by atoms with E-state index in [1.807, 2.05) is 6.20 Å².